The van der Waals surface area contributed by atoms with Gasteiger partial charge in [-0.1, -0.05) is 11.8 Å². The van der Waals surface area contributed by atoms with Gasteiger partial charge in [0.15, 0.2) is 28.5 Å². The van der Waals surface area contributed by atoms with Crippen LogP contribution in [0.15, 0.2) is 27.8 Å². The number of methoxy groups -OCH3 is 2. The van der Waals surface area contributed by atoms with Gasteiger partial charge in [0.1, 0.15) is 0 Å². The zero-order valence-corrected chi connectivity index (χ0v) is 17.7. The van der Waals surface area contributed by atoms with Crippen molar-refractivity contribution in [3.8, 4) is 35.7 Å². The Hall–Kier alpha value is -3.95. The first-order valence-corrected chi connectivity index (χ1v) is 9.38. The molecule has 160 valence electrons. The fourth-order valence-corrected chi connectivity index (χ4v) is 3.18. The van der Waals surface area contributed by atoms with Gasteiger partial charge < -0.3 is 19.1 Å². The highest BCUT2D eigenvalue weighted by atomic mass is 16.5. The maximum atomic E-state index is 12.9. The lowest BCUT2D eigenvalue weighted by molar-refractivity contribution is 0.172. The molecule has 0 aliphatic rings. The van der Waals surface area contributed by atoms with Crippen LogP contribution in [0.25, 0.3) is 11.2 Å². The van der Waals surface area contributed by atoms with Crippen molar-refractivity contribution in [3.63, 3.8) is 0 Å². The second-order valence-corrected chi connectivity index (χ2v) is 6.82. The molecule has 1 aromatic carbocycles. The van der Waals surface area contributed by atoms with Crippen LogP contribution in [0.2, 0.25) is 0 Å². The molecule has 0 saturated carbocycles. The summed E-state index contributed by atoms with van der Waals surface area (Å²) in [4.78, 5) is 30.1. The molecule has 0 aliphatic heterocycles. The Morgan fingerprint density at radius 2 is 1.87 bits per heavy atom. The highest BCUT2D eigenvalue weighted by Crippen LogP contribution is 2.27. The van der Waals surface area contributed by atoms with Gasteiger partial charge in [0.25, 0.3) is 5.56 Å². The van der Waals surface area contributed by atoms with Gasteiger partial charge in [-0.2, -0.15) is 0 Å². The molecule has 0 radical (unpaired) electrons. The van der Waals surface area contributed by atoms with Crippen LogP contribution in [0.3, 0.4) is 0 Å². The zero-order valence-electron chi connectivity index (χ0n) is 17.7. The Bertz CT molecular complexity index is 1360. The molecule has 31 heavy (non-hydrogen) atoms. The number of imidazole rings is 1. The van der Waals surface area contributed by atoms with Gasteiger partial charge in [0.05, 0.1) is 33.4 Å². The highest BCUT2D eigenvalue weighted by molar-refractivity contribution is 5.72. The van der Waals surface area contributed by atoms with Gasteiger partial charge in [0, 0.05) is 12.6 Å². The average molecular weight is 422 g/mol. The predicted molar refractivity (Wildman–Crippen MR) is 115 cm³/mol. The standard InChI is InChI=1S/C22H22N4O5/c1-6-11-25-21(28)19-20(26(22(25)29)13-14(2)27)23-18(24(19)3)10-8-15-7-9-16(30-4)17(12-15)31-5/h1,7,9,12,14,27H,11,13H2,2-5H3. The van der Waals surface area contributed by atoms with Crippen LogP contribution in [0, 0.1) is 24.2 Å². The first-order chi connectivity index (χ1) is 14.8. The van der Waals surface area contributed by atoms with E-state index in [4.69, 9.17) is 15.9 Å². The molecule has 1 unspecified atom stereocenters. The summed E-state index contributed by atoms with van der Waals surface area (Å²) < 4.78 is 14.2. The SMILES string of the molecule is C#CCn1c(=O)c2c(nc(C#Cc3ccc(OC)c(OC)c3)n2C)n(CC(C)O)c1=O. The quantitative estimate of drug-likeness (QED) is 0.595. The molecular weight excluding hydrogens is 400 g/mol. The molecule has 0 fully saturated rings. The van der Waals surface area contributed by atoms with Crippen molar-refractivity contribution in [2.24, 2.45) is 7.05 Å². The molecule has 2 heterocycles. The summed E-state index contributed by atoms with van der Waals surface area (Å²) in [6.45, 7) is 1.31. The minimum Gasteiger partial charge on any atom is -0.493 e. The molecule has 1 N–H and O–H groups in total. The predicted octanol–water partition coefficient (Wildman–Crippen LogP) is 0.328. The van der Waals surface area contributed by atoms with E-state index in [0.29, 0.717) is 17.1 Å². The summed E-state index contributed by atoms with van der Waals surface area (Å²) in [7, 11) is 4.71. The number of fused-ring (bicyclic) bond motifs is 1. The Balaban J connectivity index is 2.21. The first kappa shape index (κ1) is 21.8. The molecular formula is C22H22N4O5. The van der Waals surface area contributed by atoms with Crippen molar-refractivity contribution in [2.75, 3.05) is 14.2 Å². The van der Waals surface area contributed by atoms with Gasteiger partial charge in [0.2, 0.25) is 0 Å². The first-order valence-electron chi connectivity index (χ1n) is 9.38. The second kappa shape index (κ2) is 8.82. The lowest BCUT2D eigenvalue weighted by Gasteiger charge is -2.11. The van der Waals surface area contributed by atoms with Crippen molar-refractivity contribution >= 4 is 11.2 Å². The summed E-state index contributed by atoms with van der Waals surface area (Å²) in [6.07, 6.45) is 4.49. The molecule has 0 spiro atoms. The van der Waals surface area contributed by atoms with E-state index >= 15 is 0 Å². The van der Waals surface area contributed by atoms with Gasteiger partial charge in [-0.3, -0.25) is 9.36 Å². The van der Waals surface area contributed by atoms with Crippen molar-refractivity contribution in [3.05, 3.63) is 50.4 Å². The number of ether oxygens (including phenoxy) is 2. The second-order valence-electron chi connectivity index (χ2n) is 6.82. The van der Waals surface area contributed by atoms with Gasteiger partial charge in [-0.15, -0.1) is 6.42 Å². The van der Waals surface area contributed by atoms with E-state index in [9.17, 15) is 14.7 Å². The molecule has 2 aromatic heterocycles. The minimum atomic E-state index is -0.832. The van der Waals surface area contributed by atoms with Crippen molar-refractivity contribution in [2.45, 2.75) is 26.1 Å². The van der Waals surface area contributed by atoms with E-state index in [0.717, 1.165) is 4.57 Å². The molecule has 0 amide bonds. The van der Waals surface area contributed by atoms with Crippen LogP contribution >= 0.6 is 0 Å². The van der Waals surface area contributed by atoms with Crippen LogP contribution in [0.5, 0.6) is 11.5 Å². The number of aliphatic hydroxyl groups is 1. The molecule has 9 nitrogen and oxygen atoms in total. The van der Waals surface area contributed by atoms with E-state index in [-0.39, 0.29) is 30.1 Å². The van der Waals surface area contributed by atoms with Crippen molar-refractivity contribution in [1.29, 1.82) is 0 Å². The van der Waals surface area contributed by atoms with E-state index in [1.165, 1.54) is 23.2 Å². The summed E-state index contributed by atoms with van der Waals surface area (Å²) in [5.41, 5.74) is -0.228. The number of aliphatic hydroxyl groups excluding tert-OH is 1. The number of benzene rings is 1. The van der Waals surface area contributed by atoms with Crippen LogP contribution < -0.4 is 20.7 Å². The molecule has 1 atom stereocenters. The third kappa shape index (κ3) is 4.04. The number of aromatic nitrogens is 4. The van der Waals surface area contributed by atoms with Gasteiger partial charge >= 0.3 is 5.69 Å². The van der Waals surface area contributed by atoms with E-state index in [1.807, 2.05) is 0 Å². The summed E-state index contributed by atoms with van der Waals surface area (Å²) >= 11 is 0. The largest absolute Gasteiger partial charge is 0.493 e. The zero-order chi connectivity index (χ0) is 22.7. The molecule has 3 aromatic rings. The van der Waals surface area contributed by atoms with Crippen LogP contribution in [0.1, 0.15) is 18.3 Å². The summed E-state index contributed by atoms with van der Waals surface area (Å²) in [5.74, 6) is 9.60. The molecule has 3 rings (SSSR count). The number of aryl methyl sites for hydroxylation is 1. The maximum absolute atomic E-state index is 12.9. The van der Waals surface area contributed by atoms with Gasteiger partial charge in [-0.05, 0) is 31.0 Å². The van der Waals surface area contributed by atoms with Gasteiger partial charge in [-0.25, -0.2) is 14.3 Å². The minimum absolute atomic E-state index is 0.0419. The highest BCUT2D eigenvalue weighted by Gasteiger charge is 2.20. The fourth-order valence-electron chi connectivity index (χ4n) is 3.18. The van der Waals surface area contributed by atoms with Crippen LogP contribution in [-0.4, -0.2) is 44.1 Å². The number of rotatable bonds is 5. The van der Waals surface area contributed by atoms with Crippen molar-refractivity contribution < 1.29 is 14.6 Å². The molecule has 0 saturated heterocycles. The van der Waals surface area contributed by atoms with E-state index in [2.05, 4.69) is 22.7 Å². The number of nitrogens with zero attached hydrogens (tertiary/aromatic N) is 4. The lowest BCUT2D eigenvalue weighted by atomic mass is 10.2. The lowest BCUT2D eigenvalue weighted by Crippen LogP contribution is -2.41. The Labute approximate surface area is 178 Å². The average Bonchev–Trinajstić information content (AvgIpc) is 3.08. The van der Waals surface area contributed by atoms with Crippen molar-refractivity contribution in [1.82, 2.24) is 18.7 Å². The third-order valence-electron chi connectivity index (χ3n) is 4.64. The van der Waals surface area contributed by atoms with E-state index < -0.39 is 17.4 Å². The van der Waals surface area contributed by atoms with Crippen LogP contribution in [0.4, 0.5) is 0 Å². The third-order valence-corrected chi connectivity index (χ3v) is 4.64. The number of terminal acetylenes is 1. The Morgan fingerprint density at radius 3 is 2.48 bits per heavy atom. The Morgan fingerprint density at radius 1 is 1.16 bits per heavy atom. The summed E-state index contributed by atoms with van der Waals surface area (Å²) in [5, 5.41) is 9.83. The monoisotopic (exact) mass is 422 g/mol. The summed E-state index contributed by atoms with van der Waals surface area (Å²) in [6, 6.07) is 5.22. The normalized spacial score (nSPS) is 11.5. The molecule has 0 bridgehead atoms. The fraction of sp³-hybridized carbons (Fsp3) is 0.318. The molecule has 0 aliphatic carbocycles. The Kier molecular flexibility index (Phi) is 6.19. The van der Waals surface area contributed by atoms with Crippen LogP contribution in [-0.2, 0) is 20.1 Å². The smallest absolute Gasteiger partial charge is 0.333 e. The number of hydrogen-bond acceptors (Lipinski definition) is 6. The molecule has 9 heteroatoms. The maximum Gasteiger partial charge on any atom is 0.333 e. The number of hydrogen-bond donors (Lipinski definition) is 1. The topological polar surface area (TPSA) is 101 Å². The van der Waals surface area contributed by atoms with E-state index in [1.54, 1.807) is 32.4 Å².